The fourth-order valence-electron chi connectivity index (χ4n) is 6.64. The van der Waals surface area contributed by atoms with Crippen LogP contribution in [0.25, 0.3) is 0 Å². The Labute approximate surface area is 310 Å². The van der Waals surface area contributed by atoms with Gasteiger partial charge in [0, 0.05) is 0 Å². The highest BCUT2D eigenvalue weighted by molar-refractivity contribution is 5.80. The van der Waals surface area contributed by atoms with Crippen LogP contribution >= 0.6 is 0 Å². The third-order valence-corrected chi connectivity index (χ3v) is 10.1. The third kappa shape index (κ3) is 32.7. The van der Waals surface area contributed by atoms with Crippen LogP contribution < -0.4 is 5.32 Å². The second-order valence-corrected chi connectivity index (χ2v) is 15.0. The molecule has 0 aromatic heterocycles. The molecule has 0 aromatic carbocycles. The molecule has 0 rings (SSSR count). The summed E-state index contributed by atoms with van der Waals surface area (Å²) in [4.78, 5) is 12.4. The SMILES string of the molecule is CCC/C=C/CCCC(O)C(O)C(CO)NC(=O)C(O)CCCCCCCCCCCCCC/C=C\CCCCCCCCCCCCCC. The number of nitrogens with one attached hydrogen (secondary N) is 1. The van der Waals surface area contributed by atoms with Crippen molar-refractivity contribution in [2.24, 2.45) is 0 Å². The number of carbonyl (C=O) groups excluding carboxylic acids is 1. The highest BCUT2D eigenvalue weighted by atomic mass is 16.3. The van der Waals surface area contributed by atoms with Gasteiger partial charge >= 0.3 is 0 Å². The van der Waals surface area contributed by atoms with Crippen LogP contribution in [0.2, 0.25) is 0 Å². The second-order valence-electron chi connectivity index (χ2n) is 15.0. The van der Waals surface area contributed by atoms with Crippen LogP contribution in [0.3, 0.4) is 0 Å². The number of amides is 1. The van der Waals surface area contributed by atoms with Gasteiger partial charge in [-0.15, -0.1) is 0 Å². The topological polar surface area (TPSA) is 110 Å². The molecule has 1 amide bonds. The predicted octanol–water partition coefficient (Wildman–Crippen LogP) is 11.2. The largest absolute Gasteiger partial charge is 0.394 e. The number of aliphatic hydroxyl groups excluding tert-OH is 4. The Morgan fingerprint density at radius 3 is 1.28 bits per heavy atom. The number of hydrogen-bond acceptors (Lipinski definition) is 5. The summed E-state index contributed by atoms with van der Waals surface area (Å²) in [5, 5.41) is 43.1. The van der Waals surface area contributed by atoms with Crippen molar-refractivity contribution in [3.63, 3.8) is 0 Å². The van der Waals surface area contributed by atoms with Gasteiger partial charge in [0.2, 0.25) is 5.91 Å². The maximum Gasteiger partial charge on any atom is 0.249 e. The molecule has 0 aromatic rings. The normalized spacial score (nSPS) is 14.4. The van der Waals surface area contributed by atoms with E-state index in [1.165, 1.54) is 148 Å². The van der Waals surface area contributed by atoms with Gasteiger partial charge in [-0.1, -0.05) is 186 Å². The Hall–Kier alpha value is -1.21. The first kappa shape index (κ1) is 48.8. The molecule has 0 aliphatic heterocycles. The molecule has 0 radical (unpaired) electrons. The van der Waals surface area contributed by atoms with E-state index < -0.39 is 36.9 Å². The number of unbranched alkanes of at least 4 members (excludes halogenated alkanes) is 26. The lowest BCUT2D eigenvalue weighted by molar-refractivity contribution is -0.132. The second kappa shape index (κ2) is 39.0. The molecule has 6 heteroatoms. The van der Waals surface area contributed by atoms with Gasteiger partial charge in [0.1, 0.15) is 12.2 Å². The summed E-state index contributed by atoms with van der Waals surface area (Å²) in [5.41, 5.74) is 0. The number of hydrogen-bond donors (Lipinski definition) is 5. The minimum Gasteiger partial charge on any atom is -0.394 e. The molecule has 0 fully saturated rings. The van der Waals surface area contributed by atoms with Gasteiger partial charge in [0.15, 0.2) is 0 Å². The van der Waals surface area contributed by atoms with Gasteiger partial charge < -0.3 is 25.7 Å². The van der Waals surface area contributed by atoms with Crippen LogP contribution in [0.1, 0.15) is 219 Å². The van der Waals surface area contributed by atoms with Crippen molar-refractivity contribution in [1.29, 1.82) is 0 Å². The van der Waals surface area contributed by atoms with E-state index >= 15 is 0 Å². The van der Waals surface area contributed by atoms with Crippen molar-refractivity contribution in [2.45, 2.75) is 244 Å². The highest BCUT2D eigenvalue weighted by Gasteiger charge is 2.28. The van der Waals surface area contributed by atoms with E-state index in [-0.39, 0.29) is 0 Å². The molecule has 50 heavy (non-hydrogen) atoms. The summed E-state index contributed by atoms with van der Waals surface area (Å²) in [7, 11) is 0. The van der Waals surface area contributed by atoms with Gasteiger partial charge in [0.25, 0.3) is 0 Å². The maximum atomic E-state index is 12.4. The first-order valence-corrected chi connectivity index (χ1v) is 21.7. The minimum atomic E-state index is -1.28. The lowest BCUT2D eigenvalue weighted by atomic mass is 10.00. The molecule has 4 atom stereocenters. The fourth-order valence-corrected chi connectivity index (χ4v) is 6.64. The number of aliphatic hydroxyl groups is 4. The van der Waals surface area contributed by atoms with Crippen LogP contribution in [-0.2, 0) is 4.79 Å². The average Bonchev–Trinajstić information content (AvgIpc) is 3.12. The zero-order valence-corrected chi connectivity index (χ0v) is 33.2. The Bertz CT molecular complexity index is 757. The van der Waals surface area contributed by atoms with Gasteiger partial charge in [0.05, 0.1) is 18.8 Å². The minimum absolute atomic E-state index is 0.363. The van der Waals surface area contributed by atoms with Crippen molar-refractivity contribution >= 4 is 5.91 Å². The van der Waals surface area contributed by atoms with E-state index in [9.17, 15) is 25.2 Å². The first-order valence-electron chi connectivity index (χ1n) is 21.7. The molecule has 0 bridgehead atoms. The molecular formula is C44H85NO5. The standard InChI is InChI=1S/C44H85NO5/c1-3-5-7-9-11-12-13-14-15-16-17-18-19-20-21-22-23-24-25-26-27-28-29-30-31-32-34-36-38-42(48)44(50)45-40(39-46)43(49)41(47)37-35-33-10-8-6-4-2/h8,10,20-21,40-43,46-49H,3-7,9,11-19,22-39H2,1-2H3,(H,45,50)/b10-8+,21-20-. The van der Waals surface area contributed by atoms with Crippen LogP contribution in [0.5, 0.6) is 0 Å². The number of allylic oxidation sites excluding steroid dienone is 4. The van der Waals surface area contributed by atoms with Crippen molar-refractivity contribution in [1.82, 2.24) is 5.32 Å². The smallest absolute Gasteiger partial charge is 0.249 e. The summed E-state index contributed by atoms with van der Waals surface area (Å²) in [5.74, 6) is -0.598. The van der Waals surface area contributed by atoms with E-state index in [1.54, 1.807) is 0 Å². The van der Waals surface area contributed by atoms with E-state index in [1.807, 2.05) is 0 Å². The molecule has 0 saturated carbocycles. The summed E-state index contributed by atoms with van der Waals surface area (Å²) in [6.45, 7) is 3.91. The van der Waals surface area contributed by atoms with Gasteiger partial charge in [-0.05, 0) is 57.8 Å². The Kier molecular flexibility index (Phi) is 38.1. The highest BCUT2D eigenvalue weighted by Crippen LogP contribution is 2.16. The summed E-state index contributed by atoms with van der Waals surface area (Å²) in [6.07, 6.45) is 44.1. The van der Waals surface area contributed by atoms with Crippen LogP contribution in [0.4, 0.5) is 0 Å². The molecule has 296 valence electrons. The Balaban J connectivity index is 3.55. The van der Waals surface area contributed by atoms with Crippen molar-refractivity contribution in [2.75, 3.05) is 6.61 Å². The molecule has 0 aliphatic carbocycles. The molecule has 5 N–H and O–H groups in total. The molecule has 0 aliphatic rings. The van der Waals surface area contributed by atoms with E-state index in [4.69, 9.17) is 0 Å². The van der Waals surface area contributed by atoms with E-state index in [0.717, 1.165) is 38.5 Å². The molecule has 0 spiro atoms. The van der Waals surface area contributed by atoms with Gasteiger partial charge in [-0.2, -0.15) is 0 Å². The summed E-state index contributed by atoms with van der Waals surface area (Å²) in [6, 6.07) is -0.997. The Morgan fingerprint density at radius 1 is 0.480 bits per heavy atom. The van der Waals surface area contributed by atoms with E-state index in [2.05, 4.69) is 43.5 Å². The number of carbonyl (C=O) groups is 1. The third-order valence-electron chi connectivity index (χ3n) is 10.1. The van der Waals surface area contributed by atoms with Gasteiger partial charge in [-0.25, -0.2) is 0 Å². The van der Waals surface area contributed by atoms with Crippen molar-refractivity contribution in [3.8, 4) is 0 Å². The predicted molar refractivity (Wildman–Crippen MR) is 214 cm³/mol. The zero-order chi connectivity index (χ0) is 36.8. The van der Waals surface area contributed by atoms with Crippen molar-refractivity contribution < 1.29 is 25.2 Å². The molecular weight excluding hydrogens is 622 g/mol. The lowest BCUT2D eigenvalue weighted by Gasteiger charge is -2.27. The van der Waals surface area contributed by atoms with E-state index in [0.29, 0.717) is 19.3 Å². The quantitative estimate of drug-likeness (QED) is 0.0323. The molecule has 6 nitrogen and oxygen atoms in total. The Morgan fingerprint density at radius 2 is 0.860 bits per heavy atom. The van der Waals surface area contributed by atoms with Crippen LogP contribution in [0.15, 0.2) is 24.3 Å². The molecule has 0 heterocycles. The average molecular weight is 708 g/mol. The van der Waals surface area contributed by atoms with Crippen LogP contribution in [-0.4, -0.2) is 57.3 Å². The molecule has 0 saturated heterocycles. The summed E-state index contributed by atoms with van der Waals surface area (Å²) < 4.78 is 0. The van der Waals surface area contributed by atoms with Crippen LogP contribution in [0, 0.1) is 0 Å². The zero-order valence-electron chi connectivity index (χ0n) is 33.2. The summed E-state index contributed by atoms with van der Waals surface area (Å²) >= 11 is 0. The fraction of sp³-hybridized carbons (Fsp3) is 0.886. The monoisotopic (exact) mass is 708 g/mol. The van der Waals surface area contributed by atoms with Gasteiger partial charge in [-0.3, -0.25) is 4.79 Å². The number of rotatable bonds is 39. The van der Waals surface area contributed by atoms with Crippen molar-refractivity contribution in [3.05, 3.63) is 24.3 Å². The lowest BCUT2D eigenvalue weighted by Crippen LogP contribution is -2.53. The maximum absolute atomic E-state index is 12.4. The molecule has 4 unspecified atom stereocenters. The first-order chi connectivity index (χ1) is 24.5.